The summed E-state index contributed by atoms with van der Waals surface area (Å²) in [6, 6.07) is 13.8. The number of aromatic nitrogens is 2. The maximum atomic E-state index is 13.0. The molecule has 0 radical (unpaired) electrons. The summed E-state index contributed by atoms with van der Waals surface area (Å²) in [4.78, 5) is 19.1. The predicted octanol–water partition coefficient (Wildman–Crippen LogP) is 2.93. The van der Waals surface area contributed by atoms with Gasteiger partial charge in [0.15, 0.2) is 0 Å². The van der Waals surface area contributed by atoms with Crippen molar-refractivity contribution in [1.29, 1.82) is 0 Å². The molecule has 0 spiro atoms. The van der Waals surface area contributed by atoms with Gasteiger partial charge in [-0.1, -0.05) is 24.3 Å². The number of carbonyl (C=O) groups excluding carboxylic acids is 1. The molecule has 0 aliphatic carbocycles. The first-order valence-electron chi connectivity index (χ1n) is 7.16. The van der Waals surface area contributed by atoms with Gasteiger partial charge >= 0.3 is 0 Å². The molecule has 104 valence electrons. The maximum absolute atomic E-state index is 13.0. The molecule has 1 aromatic carbocycles. The number of imidazole rings is 1. The summed E-state index contributed by atoms with van der Waals surface area (Å²) in [6.45, 7) is 0.765. The van der Waals surface area contributed by atoms with Crippen molar-refractivity contribution in [3.8, 4) is 0 Å². The standard InChI is InChI=1S/C17H15N3O/c21-17(15-8-3-9-16-18-10-12-19(15)16)20-11-4-6-13-5-1-2-7-14(13)20/h1-3,5,7-10,12H,4,6,11H2. The average molecular weight is 277 g/mol. The molecule has 4 nitrogen and oxygen atoms in total. The molecule has 0 saturated heterocycles. The normalized spacial score (nSPS) is 14.2. The molecule has 1 aliphatic heterocycles. The minimum atomic E-state index is 0.0331. The van der Waals surface area contributed by atoms with Gasteiger partial charge in [0.25, 0.3) is 5.91 Å². The van der Waals surface area contributed by atoms with Crippen LogP contribution in [0.4, 0.5) is 5.69 Å². The lowest BCUT2D eigenvalue weighted by Gasteiger charge is -2.29. The Morgan fingerprint density at radius 3 is 2.95 bits per heavy atom. The fourth-order valence-electron chi connectivity index (χ4n) is 3.00. The maximum Gasteiger partial charge on any atom is 0.275 e. The number of pyridine rings is 1. The number of carbonyl (C=O) groups is 1. The summed E-state index contributed by atoms with van der Waals surface area (Å²) in [6.07, 6.45) is 5.59. The van der Waals surface area contributed by atoms with Gasteiger partial charge in [0, 0.05) is 24.6 Å². The van der Waals surface area contributed by atoms with Gasteiger partial charge in [-0.05, 0) is 36.6 Å². The van der Waals surface area contributed by atoms with Gasteiger partial charge in [0.2, 0.25) is 0 Å². The molecule has 21 heavy (non-hydrogen) atoms. The van der Waals surface area contributed by atoms with Gasteiger partial charge < -0.3 is 4.90 Å². The lowest BCUT2D eigenvalue weighted by atomic mass is 10.0. The van der Waals surface area contributed by atoms with Crippen LogP contribution in [0.1, 0.15) is 22.5 Å². The monoisotopic (exact) mass is 277 g/mol. The molecule has 1 aliphatic rings. The Hall–Kier alpha value is -2.62. The smallest absolute Gasteiger partial charge is 0.275 e. The molecular weight excluding hydrogens is 262 g/mol. The van der Waals surface area contributed by atoms with E-state index in [-0.39, 0.29) is 5.91 Å². The first-order chi connectivity index (χ1) is 10.3. The van der Waals surface area contributed by atoms with E-state index in [1.165, 1.54) is 5.56 Å². The van der Waals surface area contributed by atoms with E-state index in [9.17, 15) is 4.79 Å². The molecule has 0 bridgehead atoms. The van der Waals surface area contributed by atoms with Gasteiger partial charge in [-0.2, -0.15) is 0 Å². The van der Waals surface area contributed by atoms with Gasteiger partial charge in [0.05, 0.1) is 0 Å². The molecule has 2 aromatic heterocycles. The summed E-state index contributed by atoms with van der Waals surface area (Å²) in [5, 5.41) is 0. The van der Waals surface area contributed by atoms with E-state index in [2.05, 4.69) is 11.1 Å². The van der Waals surface area contributed by atoms with E-state index in [0.29, 0.717) is 5.69 Å². The number of rotatable bonds is 1. The minimum Gasteiger partial charge on any atom is -0.307 e. The second-order valence-electron chi connectivity index (χ2n) is 5.26. The molecule has 0 unspecified atom stereocenters. The first-order valence-corrected chi connectivity index (χ1v) is 7.16. The van der Waals surface area contributed by atoms with E-state index >= 15 is 0 Å². The lowest BCUT2D eigenvalue weighted by Crippen LogP contribution is -2.36. The number of hydrogen-bond acceptors (Lipinski definition) is 2. The van der Waals surface area contributed by atoms with E-state index in [1.54, 1.807) is 6.20 Å². The number of fused-ring (bicyclic) bond motifs is 2. The highest BCUT2D eigenvalue weighted by atomic mass is 16.2. The summed E-state index contributed by atoms with van der Waals surface area (Å²) in [5.74, 6) is 0.0331. The zero-order valence-electron chi connectivity index (χ0n) is 11.6. The van der Waals surface area contributed by atoms with E-state index in [4.69, 9.17) is 0 Å². The van der Waals surface area contributed by atoms with Gasteiger partial charge in [0.1, 0.15) is 11.3 Å². The highest BCUT2D eigenvalue weighted by Gasteiger charge is 2.24. The van der Waals surface area contributed by atoms with Crippen LogP contribution >= 0.6 is 0 Å². The third kappa shape index (κ3) is 1.91. The number of para-hydroxylation sites is 1. The van der Waals surface area contributed by atoms with Crippen molar-refractivity contribution >= 4 is 17.2 Å². The Balaban J connectivity index is 1.81. The molecule has 3 aromatic rings. The molecule has 0 saturated carbocycles. The Bertz CT molecular complexity index is 822. The van der Waals surface area contributed by atoms with Crippen LogP contribution in [0.5, 0.6) is 0 Å². The van der Waals surface area contributed by atoms with Gasteiger partial charge in [-0.3, -0.25) is 9.20 Å². The van der Waals surface area contributed by atoms with Crippen molar-refractivity contribution in [1.82, 2.24) is 9.38 Å². The number of hydrogen-bond donors (Lipinski definition) is 0. The molecule has 0 fully saturated rings. The largest absolute Gasteiger partial charge is 0.307 e. The van der Waals surface area contributed by atoms with Gasteiger partial charge in [-0.25, -0.2) is 4.98 Å². The predicted molar refractivity (Wildman–Crippen MR) is 81.6 cm³/mol. The SMILES string of the molecule is O=C(c1cccc2nccn12)N1CCCc2ccccc21. The molecule has 0 N–H and O–H groups in total. The van der Waals surface area contributed by atoms with Crippen molar-refractivity contribution in [3.63, 3.8) is 0 Å². The highest BCUT2D eigenvalue weighted by Crippen LogP contribution is 2.28. The number of anilines is 1. The number of nitrogens with zero attached hydrogens (tertiary/aromatic N) is 3. The Labute approximate surface area is 122 Å². The summed E-state index contributed by atoms with van der Waals surface area (Å²) in [7, 11) is 0. The quantitative estimate of drug-likeness (QED) is 0.686. The van der Waals surface area contributed by atoms with Crippen LogP contribution < -0.4 is 4.90 Å². The third-order valence-electron chi connectivity index (χ3n) is 4.00. The van der Waals surface area contributed by atoms with Crippen molar-refractivity contribution < 1.29 is 4.79 Å². The van der Waals surface area contributed by atoms with Crippen LogP contribution in [-0.2, 0) is 6.42 Å². The molecule has 1 amide bonds. The topological polar surface area (TPSA) is 37.6 Å². The van der Waals surface area contributed by atoms with Crippen molar-refractivity contribution in [2.75, 3.05) is 11.4 Å². The van der Waals surface area contributed by atoms with Crippen LogP contribution in [0.2, 0.25) is 0 Å². The van der Waals surface area contributed by atoms with Crippen molar-refractivity contribution in [2.45, 2.75) is 12.8 Å². The number of aryl methyl sites for hydroxylation is 1. The lowest BCUT2D eigenvalue weighted by molar-refractivity contribution is 0.0979. The van der Waals surface area contributed by atoms with Crippen LogP contribution in [0.25, 0.3) is 5.65 Å². The van der Waals surface area contributed by atoms with Crippen LogP contribution in [0.3, 0.4) is 0 Å². The van der Waals surface area contributed by atoms with E-state index in [0.717, 1.165) is 30.7 Å². The van der Waals surface area contributed by atoms with E-state index in [1.807, 2.05) is 51.9 Å². The summed E-state index contributed by atoms with van der Waals surface area (Å²) >= 11 is 0. The highest BCUT2D eigenvalue weighted by molar-refractivity contribution is 6.06. The molecule has 0 atom stereocenters. The number of benzene rings is 1. The zero-order valence-corrected chi connectivity index (χ0v) is 11.6. The molecule has 4 rings (SSSR count). The second-order valence-corrected chi connectivity index (χ2v) is 5.26. The fourth-order valence-corrected chi connectivity index (χ4v) is 3.00. The summed E-state index contributed by atoms with van der Waals surface area (Å²) < 4.78 is 1.85. The summed E-state index contributed by atoms with van der Waals surface area (Å²) in [5.41, 5.74) is 3.73. The Morgan fingerprint density at radius 1 is 1.10 bits per heavy atom. The third-order valence-corrected chi connectivity index (χ3v) is 4.00. The minimum absolute atomic E-state index is 0.0331. The van der Waals surface area contributed by atoms with Crippen LogP contribution in [0.15, 0.2) is 54.9 Å². The zero-order chi connectivity index (χ0) is 14.2. The van der Waals surface area contributed by atoms with Crippen molar-refractivity contribution in [2.24, 2.45) is 0 Å². The average Bonchev–Trinajstić information content (AvgIpc) is 3.02. The van der Waals surface area contributed by atoms with Crippen molar-refractivity contribution in [3.05, 3.63) is 66.1 Å². The van der Waals surface area contributed by atoms with Gasteiger partial charge in [-0.15, -0.1) is 0 Å². The Kier molecular flexibility index (Phi) is 2.74. The molecule has 4 heteroatoms. The molecule has 3 heterocycles. The van der Waals surface area contributed by atoms with Crippen LogP contribution in [0, 0.1) is 0 Å². The fraction of sp³-hybridized carbons (Fsp3) is 0.176. The second kappa shape index (κ2) is 4.74. The van der Waals surface area contributed by atoms with E-state index < -0.39 is 0 Å². The Morgan fingerprint density at radius 2 is 2.00 bits per heavy atom. The molecular formula is C17H15N3O. The number of amides is 1. The first kappa shape index (κ1) is 12.1. The van der Waals surface area contributed by atoms with Crippen LogP contribution in [-0.4, -0.2) is 21.8 Å².